The van der Waals surface area contributed by atoms with Gasteiger partial charge in [-0.15, -0.1) is 6.58 Å². The monoisotopic (exact) mass is 352 g/mol. The van der Waals surface area contributed by atoms with Crippen LogP contribution in [0.25, 0.3) is 6.08 Å². The van der Waals surface area contributed by atoms with E-state index in [1.807, 2.05) is 0 Å². The summed E-state index contributed by atoms with van der Waals surface area (Å²) < 4.78 is 37.4. The van der Waals surface area contributed by atoms with Crippen LogP contribution in [0.2, 0.25) is 0 Å². The van der Waals surface area contributed by atoms with Gasteiger partial charge in [0.1, 0.15) is 6.54 Å². The molecule has 0 radical (unpaired) electrons. The third kappa shape index (κ3) is 6.45. The number of hydrogen-bond acceptors (Lipinski definition) is 2. The molecule has 7 heteroatoms. The Morgan fingerprint density at radius 2 is 1.88 bits per heavy atom. The smallest absolute Gasteiger partial charge is 0.349 e. The fraction of sp³-hybridized carbons (Fsp3) is 0.333. The summed E-state index contributed by atoms with van der Waals surface area (Å²) in [6.07, 6.45) is 1.25. The van der Waals surface area contributed by atoms with Crippen molar-refractivity contribution in [2.75, 3.05) is 13.1 Å². The largest absolute Gasteiger partial charge is 0.406 e. The van der Waals surface area contributed by atoms with Crippen LogP contribution < -0.4 is 5.32 Å². The van der Waals surface area contributed by atoms with Gasteiger partial charge in [0, 0.05) is 24.2 Å². The van der Waals surface area contributed by atoms with E-state index in [1.165, 1.54) is 12.2 Å². The van der Waals surface area contributed by atoms with Crippen molar-refractivity contribution in [3.05, 3.63) is 54.1 Å². The summed E-state index contributed by atoms with van der Waals surface area (Å²) in [7, 11) is 0. The Bertz CT molecular complexity index is 662. The zero-order valence-corrected chi connectivity index (χ0v) is 13.6. The zero-order valence-electron chi connectivity index (χ0n) is 13.6. The number of nitrogens with one attached hydrogen (secondary N) is 1. The van der Waals surface area contributed by atoms with Crippen LogP contribution in [-0.2, 0) is 4.79 Å². The number of halogens is 3. The first-order chi connectivity index (χ1) is 11.8. The highest BCUT2D eigenvalue weighted by Gasteiger charge is 2.31. The number of benzene rings is 1. The number of carbonyl (C=O) groups is 2. The lowest BCUT2D eigenvalue weighted by atomic mass is 10.1. The summed E-state index contributed by atoms with van der Waals surface area (Å²) in [5, 5.41) is 2.86. The first kappa shape index (κ1) is 18.8. The van der Waals surface area contributed by atoms with Crippen molar-refractivity contribution in [1.29, 1.82) is 0 Å². The van der Waals surface area contributed by atoms with Crippen molar-refractivity contribution in [2.24, 2.45) is 0 Å². The summed E-state index contributed by atoms with van der Waals surface area (Å²) in [5.41, 5.74) is 1.11. The lowest BCUT2D eigenvalue weighted by Crippen LogP contribution is -2.38. The van der Waals surface area contributed by atoms with E-state index in [-0.39, 0.29) is 18.5 Å². The minimum atomic E-state index is -4.47. The third-order valence-corrected chi connectivity index (χ3v) is 3.54. The van der Waals surface area contributed by atoms with Gasteiger partial charge in [-0.2, -0.15) is 13.2 Å². The standard InChI is InChI=1S/C18H19F3N2O2/c1-2-11-23(12-18(19,20)21)16(24)10-5-13-3-6-14(7-4-13)17(25)22-15-8-9-15/h2-7,10,15H,1,8-9,11-12H2,(H,22,25)/b10-5+. The summed E-state index contributed by atoms with van der Waals surface area (Å²) in [5.74, 6) is -0.913. The van der Waals surface area contributed by atoms with E-state index in [0.29, 0.717) is 16.0 Å². The maximum Gasteiger partial charge on any atom is 0.406 e. The highest BCUT2D eigenvalue weighted by molar-refractivity contribution is 5.95. The van der Waals surface area contributed by atoms with Crippen molar-refractivity contribution < 1.29 is 22.8 Å². The molecule has 2 amide bonds. The van der Waals surface area contributed by atoms with Crippen molar-refractivity contribution in [3.63, 3.8) is 0 Å². The fourth-order valence-electron chi connectivity index (χ4n) is 2.12. The molecule has 0 atom stereocenters. The predicted molar refractivity (Wildman–Crippen MR) is 88.8 cm³/mol. The number of alkyl halides is 3. The minimum Gasteiger partial charge on any atom is -0.349 e. The average Bonchev–Trinajstić information content (AvgIpc) is 3.35. The maximum atomic E-state index is 12.5. The second kappa shape index (κ2) is 8.00. The minimum absolute atomic E-state index is 0.156. The normalized spacial score (nSPS) is 14.4. The molecule has 1 aliphatic rings. The Labute approximate surface area is 144 Å². The Balaban J connectivity index is 1.97. The molecule has 1 saturated carbocycles. The highest BCUT2D eigenvalue weighted by atomic mass is 19.4. The van der Waals surface area contributed by atoms with Gasteiger partial charge in [0.15, 0.2) is 0 Å². The molecule has 1 aliphatic carbocycles. The first-order valence-corrected chi connectivity index (χ1v) is 7.84. The summed E-state index contributed by atoms with van der Waals surface area (Å²) in [6, 6.07) is 6.74. The molecular formula is C18H19F3N2O2. The van der Waals surface area contributed by atoms with Crippen molar-refractivity contribution in [1.82, 2.24) is 10.2 Å². The van der Waals surface area contributed by atoms with Crippen LogP contribution in [0.15, 0.2) is 43.0 Å². The number of carbonyl (C=O) groups excluding carboxylic acids is 2. The summed E-state index contributed by atoms with van der Waals surface area (Å²) in [6.45, 7) is 1.84. The lowest BCUT2D eigenvalue weighted by molar-refractivity contribution is -0.157. The Kier molecular flexibility index (Phi) is 6.01. The summed E-state index contributed by atoms with van der Waals surface area (Å²) >= 11 is 0. The second-order valence-electron chi connectivity index (χ2n) is 5.83. The molecule has 0 unspecified atom stereocenters. The van der Waals surface area contributed by atoms with Gasteiger partial charge in [-0.25, -0.2) is 0 Å². The van der Waals surface area contributed by atoms with Crippen LogP contribution in [-0.4, -0.2) is 42.0 Å². The van der Waals surface area contributed by atoms with E-state index in [0.717, 1.165) is 18.9 Å². The molecule has 134 valence electrons. The van der Waals surface area contributed by atoms with Gasteiger partial charge in [0.2, 0.25) is 5.91 Å². The second-order valence-corrected chi connectivity index (χ2v) is 5.83. The molecule has 0 saturated heterocycles. The van der Waals surface area contributed by atoms with Gasteiger partial charge in [-0.05, 0) is 36.6 Å². The number of amides is 2. The maximum absolute atomic E-state index is 12.5. The molecule has 1 aromatic carbocycles. The van der Waals surface area contributed by atoms with Gasteiger partial charge >= 0.3 is 6.18 Å². The molecular weight excluding hydrogens is 333 g/mol. The lowest BCUT2D eigenvalue weighted by Gasteiger charge is -2.20. The van der Waals surface area contributed by atoms with E-state index < -0.39 is 18.6 Å². The first-order valence-electron chi connectivity index (χ1n) is 7.84. The molecule has 1 aromatic rings. The fourth-order valence-corrected chi connectivity index (χ4v) is 2.12. The van der Waals surface area contributed by atoms with Crippen LogP contribution in [0.5, 0.6) is 0 Å². The molecule has 0 aliphatic heterocycles. The molecule has 0 bridgehead atoms. The Morgan fingerprint density at radius 1 is 1.24 bits per heavy atom. The topological polar surface area (TPSA) is 49.4 Å². The van der Waals surface area contributed by atoms with Gasteiger partial charge in [0.05, 0.1) is 0 Å². The molecule has 0 spiro atoms. The van der Waals surface area contributed by atoms with Crippen LogP contribution >= 0.6 is 0 Å². The Morgan fingerprint density at radius 3 is 2.40 bits per heavy atom. The molecule has 1 fully saturated rings. The van der Waals surface area contributed by atoms with Gasteiger partial charge in [-0.1, -0.05) is 18.2 Å². The molecule has 4 nitrogen and oxygen atoms in total. The van der Waals surface area contributed by atoms with E-state index in [1.54, 1.807) is 24.3 Å². The van der Waals surface area contributed by atoms with E-state index in [2.05, 4.69) is 11.9 Å². The Hall–Kier alpha value is -2.57. The van der Waals surface area contributed by atoms with Crippen LogP contribution in [0.4, 0.5) is 13.2 Å². The van der Waals surface area contributed by atoms with Crippen LogP contribution in [0, 0.1) is 0 Å². The van der Waals surface area contributed by atoms with Crippen molar-refractivity contribution in [2.45, 2.75) is 25.1 Å². The third-order valence-electron chi connectivity index (χ3n) is 3.54. The van der Waals surface area contributed by atoms with Crippen LogP contribution in [0.3, 0.4) is 0 Å². The zero-order chi connectivity index (χ0) is 18.4. The number of rotatable bonds is 7. The summed E-state index contributed by atoms with van der Waals surface area (Å²) in [4.78, 5) is 24.4. The number of nitrogens with zero attached hydrogens (tertiary/aromatic N) is 1. The SMILES string of the molecule is C=CCN(CC(F)(F)F)C(=O)/C=C/c1ccc(C(=O)NC2CC2)cc1. The molecule has 25 heavy (non-hydrogen) atoms. The molecule has 0 aromatic heterocycles. The molecule has 0 heterocycles. The van der Waals surface area contributed by atoms with Gasteiger partial charge in [0.25, 0.3) is 5.91 Å². The van der Waals surface area contributed by atoms with Crippen molar-refractivity contribution in [3.8, 4) is 0 Å². The van der Waals surface area contributed by atoms with Crippen molar-refractivity contribution >= 4 is 17.9 Å². The van der Waals surface area contributed by atoms with E-state index in [4.69, 9.17) is 0 Å². The quantitative estimate of drug-likeness (QED) is 0.605. The van der Waals surface area contributed by atoms with Crippen LogP contribution in [0.1, 0.15) is 28.8 Å². The average molecular weight is 352 g/mol. The number of hydrogen-bond donors (Lipinski definition) is 1. The van der Waals surface area contributed by atoms with Gasteiger partial charge < -0.3 is 10.2 Å². The van der Waals surface area contributed by atoms with E-state index >= 15 is 0 Å². The molecule has 1 N–H and O–H groups in total. The predicted octanol–water partition coefficient (Wildman–Crippen LogP) is 3.17. The van der Waals surface area contributed by atoms with Gasteiger partial charge in [-0.3, -0.25) is 9.59 Å². The van der Waals surface area contributed by atoms with E-state index in [9.17, 15) is 22.8 Å². The molecule has 2 rings (SSSR count). The highest BCUT2D eigenvalue weighted by Crippen LogP contribution is 2.19.